The zero-order chi connectivity index (χ0) is 14.7. The number of aryl methyl sites for hydroxylation is 1. The molecule has 0 aliphatic heterocycles. The molecule has 0 spiro atoms. The quantitative estimate of drug-likeness (QED) is 0.415. The van der Waals surface area contributed by atoms with E-state index in [2.05, 4.69) is 0 Å². The third-order valence-electron chi connectivity index (χ3n) is 3.02. The SMILES string of the molecule is Cc1ccccc1C=C(CCl)c1cc(F)c(F)c(F)c1. The van der Waals surface area contributed by atoms with Crippen molar-refractivity contribution in [2.75, 3.05) is 5.88 Å². The lowest BCUT2D eigenvalue weighted by molar-refractivity contribution is 0.446. The van der Waals surface area contributed by atoms with Crippen molar-refractivity contribution >= 4 is 23.3 Å². The molecule has 0 saturated heterocycles. The van der Waals surface area contributed by atoms with Gasteiger partial charge in [0.1, 0.15) is 0 Å². The molecule has 104 valence electrons. The first-order valence-corrected chi connectivity index (χ1v) is 6.53. The number of hydrogen-bond acceptors (Lipinski definition) is 0. The number of halogens is 4. The molecule has 0 nitrogen and oxygen atoms in total. The Hall–Kier alpha value is -1.74. The predicted octanol–water partition coefficient (Wildman–Crippen LogP) is 5.19. The number of rotatable bonds is 3. The smallest absolute Gasteiger partial charge is 0.194 e. The van der Waals surface area contributed by atoms with Gasteiger partial charge < -0.3 is 0 Å². The fourth-order valence-electron chi connectivity index (χ4n) is 1.88. The van der Waals surface area contributed by atoms with Gasteiger partial charge in [-0.25, -0.2) is 13.2 Å². The van der Waals surface area contributed by atoms with Crippen LogP contribution in [0.15, 0.2) is 36.4 Å². The first-order valence-electron chi connectivity index (χ1n) is 6.00. The highest BCUT2D eigenvalue weighted by atomic mass is 35.5. The lowest BCUT2D eigenvalue weighted by Gasteiger charge is -2.07. The summed E-state index contributed by atoms with van der Waals surface area (Å²) in [5.41, 5.74) is 2.67. The van der Waals surface area contributed by atoms with Crippen molar-refractivity contribution in [1.29, 1.82) is 0 Å². The fraction of sp³-hybridized carbons (Fsp3) is 0.125. The first kappa shape index (κ1) is 14.7. The minimum Gasteiger partial charge on any atom is -0.204 e. The number of benzene rings is 2. The van der Waals surface area contributed by atoms with Gasteiger partial charge in [0.25, 0.3) is 0 Å². The highest BCUT2D eigenvalue weighted by Gasteiger charge is 2.12. The van der Waals surface area contributed by atoms with Gasteiger partial charge in [-0.1, -0.05) is 24.3 Å². The van der Waals surface area contributed by atoms with Crippen molar-refractivity contribution in [2.45, 2.75) is 6.92 Å². The topological polar surface area (TPSA) is 0 Å². The summed E-state index contributed by atoms with van der Waals surface area (Å²) in [7, 11) is 0. The Morgan fingerprint density at radius 2 is 1.70 bits per heavy atom. The Balaban J connectivity index is 2.51. The predicted molar refractivity (Wildman–Crippen MR) is 76.1 cm³/mol. The molecule has 0 radical (unpaired) electrons. The van der Waals surface area contributed by atoms with Gasteiger partial charge in [0, 0.05) is 5.88 Å². The van der Waals surface area contributed by atoms with Gasteiger partial charge >= 0.3 is 0 Å². The minimum atomic E-state index is -1.47. The van der Waals surface area contributed by atoms with Crippen LogP contribution in [-0.2, 0) is 0 Å². The van der Waals surface area contributed by atoms with E-state index >= 15 is 0 Å². The van der Waals surface area contributed by atoms with Crippen LogP contribution < -0.4 is 0 Å². The maximum atomic E-state index is 13.3. The lowest BCUT2D eigenvalue weighted by Crippen LogP contribution is -1.95. The molecule has 0 fully saturated rings. The first-order chi connectivity index (χ1) is 9.52. The van der Waals surface area contributed by atoms with Crippen LogP contribution >= 0.6 is 11.6 Å². The van der Waals surface area contributed by atoms with E-state index in [9.17, 15) is 13.2 Å². The van der Waals surface area contributed by atoms with Crippen LogP contribution in [0.5, 0.6) is 0 Å². The number of alkyl halides is 1. The molecule has 2 aromatic rings. The van der Waals surface area contributed by atoms with Crippen molar-refractivity contribution < 1.29 is 13.2 Å². The Labute approximate surface area is 120 Å². The van der Waals surface area contributed by atoms with Crippen LogP contribution in [-0.4, -0.2) is 5.88 Å². The van der Waals surface area contributed by atoms with Gasteiger partial charge in [0.05, 0.1) is 0 Å². The summed E-state index contributed by atoms with van der Waals surface area (Å²) in [5, 5.41) is 0. The zero-order valence-corrected chi connectivity index (χ0v) is 11.5. The van der Waals surface area contributed by atoms with E-state index in [1.807, 2.05) is 31.2 Å². The summed E-state index contributed by atoms with van der Waals surface area (Å²) in [4.78, 5) is 0. The van der Waals surface area contributed by atoms with Gasteiger partial charge in [-0.3, -0.25) is 0 Å². The monoisotopic (exact) mass is 296 g/mol. The molecule has 0 bridgehead atoms. The summed E-state index contributed by atoms with van der Waals surface area (Å²) in [6, 6.07) is 9.44. The molecule has 0 aromatic heterocycles. The molecule has 0 N–H and O–H groups in total. The van der Waals surface area contributed by atoms with Crippen molar-refractivity contribution in [3.63, 3.8) is 0 Å². The second kappa shape index (κ2) is 6.14. The highest BCUT2D eigenvalue weighted by Crippen LogP contribution is 2.24. The summed E-state index contributed by atoms with van der Waals surface area (Å²) in [6.07, 6.45) is 1.74. The Bertz CT molecular complexity index is 640. The van der Waals surface area contributed by atoms with Crippen molar-refractivity contribution in [3.05, 3.63) is 70.5 Å². The third kappa shape index (κ3) is 3.05. The molecule has 0 aliphatic rings. The molecule has 4 heteroatoms. The molecule has 20 heavy (non-hydrogen) atoms. The van der Waals surface area contributed by atoms with E-state index < -0.39 is 17.5 Å². The Morgan fingerprint density at radius 1 is 1.10 bits per heavy atom. The van der Waals surface area contributed by atoms with Crippen LogP contribution in [0, 0.1) is 24.4 Å². The van der Waals surface area contributed by atoms with Crippen LogP contribution in [0.1, 0.15) is 16.7 Å². The van der Waals surface area contributed by atoms with Gasteiger partial charge in [-0.05, 0) is 47.4 Å². The Morgan fingerprint density at radius 3 is 2.25 bits per heavy atom. The van der Waals surface area contributed by atoms with E-state index in [0.29, 0.717) is 5.57 Å². The molecule has 0 amide bonds. The fourth-order valence-corrected chi connectivity index (χ4v) is 2.11. The average molecular weight is 297 g/mol. The van der Waals surface area contributed by atoms with Gasteiger partial charge in [0.2, 0.25) is 0 Å². The normalized spacial score (nSPS) is 11.8. The maximum absolute atomic E-state index is 13.3. The molecule has 0 saturated carbocycles. The van der Waals surface area contributed by atoms with Gasteiger partial charge in [0.15, 0.2) is 17.5 Å². The minimum absolute atomic E-state index is 0.0683. The molecular formula is C16H12ClF3. The van der Waals surface area contributed by atoms with E-state index in [0.717, 1.165) is 23.3 Å². The van der Waals surface area contributed by atoms with Crippen molar-refractivity contribution in [1.82, 2.24) is 0 Å². The third-order valence-corrected chi connectivity index (χ3v) is 3.30. The summed E-state index contributed by atoms with van der Waals surface area (Å²) >= 11 is 5.84. The van der Waals surface area contributed by atoms with Crippen LogP contribution in [0.4, 0.5) is 13.2 Å². The molecule has 2 aromatic carbocycles. The highest BCUT2D eigenvalue weighted by molar-refractivity contribution is 6.24. The molecule has 0 aliphatic carbocycles. The average Bonchev–Trinajstić information content (AvgIpc) is 2.43. The van der Waals surface area contributed by atoms with Crippen molar-refractivity contribution in [2.24, 2.45) is 0 Å². The summed E-state index contributed by atoms with van der Waals surface area (Å²) in [6.45, 7) is 1.92. The molecule has 0 unspecified atom stereocenters. The van der Waals surface area contributed by atoms with E-state index in [4.69, 9.17) is 11.6 Å². The number of hydrogen-bond donors (Lipinski definition) is 0. The number of allylic oxidation sites excluding steroid dienone is 1. The molecular weight excluding hydrogens is 285 g/mol. The van der Waals surface area contributed by atoms with E-state index in [-0.39, 0.29) is 11.4 Å². The summed E-state index contributed by atoms with van der Waals surface area (Å²) < 4.78 is 39.5. The zero-order valence-electron chi connectivity index (χ0n) is 10.8. The molecule has 0 atom stereocenters. The second-order valence-corrected chi connectivity index (χ2v) is 4.68. The Kier molecular flexibility index (Phi) is 4.50. The lowest BCUT2D eigenvalue weighted by atomic mass is 10.0. The second-order valence-electron chi connectivity index (χ2n) is 4.41. The standard InChI is InChI=1S/C16H12ClF3/c1-10-4-2-3-5-11(10)6-13(9-17)12-7-14(18)16(20)15(19)8-12/h2-8H,9H2,1H3. The van der Waals surface area contributed by atoms with Gasteiger partial charge in [-0.15, -0.1) is 11.6 Å². The molecule has 2 rings (SSSR count). The summed E-state index contributed by atoms with van der Waals surface area (Å²) in [5.74, 6) is -3.85. The van der Waals surface area contributed by atoms with Crippen LogP contribution in [0.25, 0.3) is 11.6 Å². The maximum Gasteiger partial charge on any atom is 0.194 e. The van der Waals surface area contributed by atoms with Crippen LogP contribution in [0.2, 0.25) is 0 Å². The van der Waals surface area contributed by atoms with E-state index in [1.165, 1.54) is 0 Å². The molecule has 0 heterocycles. The van der Waals surface area contributed by atoms with Crippen molar-refractivity contribution in [3.8, 4) is 0 Å². The van der Waals surface area contributed by atoms with Gasteiger partial charge in [-0.2, -0.15) is 0 Å². The largest absolute Gasteiger partial charge is 0.204 e. The van der Waals surface area contributed by atoms with Crippen LogP contribution in [0.3, 0.4) is 0 Å². The van der Waals surface area contributed by atoms with E-state index in [1.54, 1.807) is 6.08 Å².